The zero-order valence-electron chi connectivity index (χ0n) is 14.6. The Balaban J connectivity index is 0.00000182. The highest BCUT2D eigenvalue weighted by atomic mass is 35.5. The van der Waals surface area contributed by atoms with E-state index in [2.05, 4.69) is 31.7 Å². The van der Waals surface area contributed by atoms with Crippen molar-refractivity contribution in [2.75, 3.05) is 19.6 Å². The largest absolute Gasteiger partial charge is 0.342 e. The number of aromatic nitrogens is 3. The standard InChI is InChI=1S/C18H25N5O.ClH/c1-13-11-14(7-8-19-13)18(24)22-9-4-5-15(12-22)17-21-20-16-6-2-3-10-23(16)17;/h2-3,6,10,13-15,19H,4-5,7-9,11-12H2,1H3;1H/t13-,14-,15?;/m0./s1. The van der Waals surface area contributed by atoms with E-state index in [1.54, 1.807) is 0 Å². The molecule has 3 atom stereocenters. The molecule has 1 N–H and O–H groups in total. The van der Waals surface area contributed by atoms with Gasteiger partial charge in [-0.05, 0) is 51.3 Å². The van der Waals surface area contributed by atoms with Crippen LogP contribution in [0.2, 0.25) is 0 Å². The van der Waals surface area contributed by atoms with Crippen LogP contribution in [0.1, 0.15) is 44.3 Å². The molecule has 6 nitrogen and oxygen atoms in total. The third-order valence-electron chi connectivity index (χ3n) is 5.41. The van der Waals surface area contributed by atoms with E-state index in [0.717, 1.165) is 56.8 Å². The van der Waals surface area contributed by atoms with E-state index < -0.39 is 0 Å². The van der Waals surface area contributed by atoms with Gasteiger partial charge in [-0.1, -0.05) is 6.07 Å². The van der Waals surface area contributed by atoms with Crippen molar-refractivity contribution < 1.29 is 4.79 Å². The van der Waals surface area contributed by atoms with Crippen molar-refractivity contribution >= 4 is 24.0 Å². The number of hydrogen-bond acceptors (Lipinski definition) is 4. The van der Waals surface area contributed by atoms with Crippen LogP contribution >= 0.6 is 12.4 Å². The smallest absolute Gasteiger partial charge is 0.225 e. The molecule has 136 valence electrons. The third-order valence-corrected chi connectivity index (χ3v) is 5.41. The Morgan fingerprint density at radius 2 is 2.16 bits per heavy atom. The van der Waals surface area contributed by atoms with Crippen molar-refractivity contribution in [1.82, 2.24) is 24.8 Å². The fraction of sp³-hybridized carbons (Fsp3) is 0.611. The Kier molecular flexibility index (Phi) is 5.59. The van der Waals surface area contributed by atoms with E-state index >= 15 is 0 Å². The Hall–Kier alpha value is -1.66. The zero-order chi connectivity index (χ0) is 16.5. The summed E-state index contributed by atoms with van der Waals surface area (Å²) in [6, 6.07) is 6.39. The molecule has 0 aromatic carbocycles. The Labute approximate surface area is 154 Å². The lowest BCUT2D eigenvalue weighted by Gasteiger charge is -2.36. The maximum atomic E-state index is 12.9. The number of amides is 1. The average Bonchev–Trinajstić information content (AvgIpc) is 3.05. The van der Waals surface area contributed by atoms with Crippen molar-refractivity contribution in [3.05, 3.63) is 30.2 Å². The summed E-state index contributed by atoms with van der Waals surface area (Å²) < 4.78 is 2.06. The van der Waals surface area contributed by atoms with Gasteiger partial charge in [-0.15, -0.1) is 22.6 Å². The normalized spacial score (nSPS) is 27.1. The van der Waals surface area contributed by atoms with Gasteiger partial charge in [0.2, 0.25) is 5.91 Å². The van der Waals surface area contributed by atoms with Crippen LogP contribution in [0, 0.1) is 5.92 Å². The van der Waals surface area contributed by atoms with E-state index in [-0.39, 0.29) is 24.2 Å². The third kappa shape index (κ3) is 3.65. The molecule has 2 aromatic rings. The van der Waals surface area contributed by atoms with Gasteiger partial charge in [0.1, 0.15) is 5.82 Å². The van der Waals surface area contributed by atoms with Crippen molar-refractivity contribution in [3.8, 4) is 0 Å². The van der Waals surface area contributed by atoms with E-state index in [9.17, 15) is 4.79 Å². The molecule has 2 saturated heterocycles. The van der Waals surface area contributed by atoms with Crippen molar-refractivity contribution in [2.45, 2.75) is 44.6 Å². The van der Waals surface area contributed by atoms with Crippen LogP contribution < -0.4 is 5.32 Å². The topological polar surface area (TPSA) is 62.5 Å². The minimum Gasteiger partial charge on any atom is -0.342 e. The SMILES string of the molecule is C[C@H]1C[C@@H](C(=O)N2CCCC(c3nnc4ccccn34)C2)CCN1.Cl. The lowest BCUT2D eigenvalue weighted by molar-refractivity contribution is -0.138. The lowest BCUT2D eigenvalue weighted by Crippen LogP contribution is -2.47. The summed E-state index contributed by atoms with van der Waals surface area (Å²) in [5.41, 5.74) is 0.878. The summed E-state index contributed by atoms with van der Waals surface area (Å²) in [5, 5.41) is 12.1. The molecule has 0 aliphatic carbocycles. The van der Waals surface area contributed by atoms with Crippen LogP contribution in [0.25, 0.3) is 5.65 Å². The van der Waals surface area contributed by atoms with Crippen LogP contribution in [0.3, 0.4) is 0 Å². The molecule has 7 heteroatoms. The molecule has 4 rings (SSSR count). The van der Waals surface area contributed by atoms with E-state index in [1.165, 1.54) is 0 Å². The van der Waals surface area contributed by atoms with Gasteiger partial charge >= 0.3 is 0 Å². The summed E-state index contributed by atoms with van der Waals surface area (Å²) in [5.74, 6) is 1.78. The monoisotopic (exact) mass is 363 g/mol. The number of piperidine rings is 2. The minimum absolute atomic E-state index is 0. The molecule has 0 radical (unpaired) electrons. The molecule has 2 aliphatic heterocycles. The predicted octanol–water partition coefficient (Wildman–Crippen LogP) is 2.25. The molecule has 1 amide bonds. The van der Waals surface area contributed by atoms with E-state index in [4.69, 9.17) is 0 Å². The summed E-state index contributed by atoms with van der Waals surface area (Å²) in [7, 11) is 0. The number of pyridine rings is 1. The van der Waals surface area contributed by atoms with Gasteiger partial charge in [-0.25, -0.2) is 0 Å². The maximum Gasteiger partial charge on any atom is 0.225 e. The number of rotatable bonds is 2. The van der Waals surface area contributed by atoms with Gasteiger partial charge in [0.05, 0.1) is 0 Å². The fourth-order valence-electron chi connectivity index (χ4n) is 4.14. The Bertz CT molecular complexity index is 733. The first-order chi connectivity index (χ1) is 11.7. The van der Waals surface area contributed by atoms with E-state index in [0.29, 0.717) is 11.9 Å². The van der Waals surface area contributed by atoms with Crippen LogP contribution in [0.5, 0.6) is 0 Å². The Morgan fingerprint density at radius 1 is 1.28 bits per heavy atom. The maximum absolute atomic E-state index is 12.9. The van der Waals surface area contributed by atoms with Gasteiger partial charge in [0.25, 0.3) is 0 Å². The highest BCUT2D eigenvalue weighted by Gasteiger charge is 2.33. The molecule has 4 heterocycles. The molecular weight excluding hydrogens is 338 g/mol. The summed E-state index contributed by atoms with van der Waals surface area (Å²) >= 11 is 0. The molecule has 2 aromatic heterocycles. The predicted molar refractivity (Wildman–Crippen MR) is 99.0 cm³/mol. The van der Waals surface area contributed by atoms with Crippen molar-refractivity contribution in [1.29, 1.82) is 0 Å². The number of hydrogen-bond donors (Lipinski definition) is 1. The molecule has 0 saturated carbocycles. The van der Waals surface area contributed by atoms with Crippen molar-refractivity contribution in [2.24, 2.45) is 5.92 Å². The van der Waals surface area contributed by atoms with Gasteiger partial charge in [0, 0.05) is 37.2 Å². The molecular formula is C18H26ClN5O. The highest BCUT2D eigenvalue weighted by molar-refractivity contribution is 5.85. The summed E-state index contributed by atoms with van der Waals surface area (Å²) in [4.78, 5) is 15.0. The van der Waals surface area contributed by atoms with Crippen molar-refractivity contribution in [3.63, 3.8) is 0 Å². The minimum atomic E-state index is 0. The number of carbonyl (C=O) groups excluding carboxylic acids is 1. The van der Waals surface area contributed by atoms with Gasteiger partial charge in [0.15, 0.2) is 5.65 Å². The van der Waals surface area contributed by atoms with Gasteiger partial charge < -0.3 is 10.2 Å². The second-order valence-corrected chi connectivity index (χ2v) is 7.19. The number of halogens is 1. The first-order valence-electron chi connectivity index (χ1n) is 9.04. The van der Waals surface area contributed by atoms with Gasteiger partial charge in [-0.3, -0.25) is 9.20 Å². The molecule has 25 heavy (non-hydrogen) atoms. The number of nitrogens with zero attached hydrogens (tertiary/aromatic N) is 4. The molecule has 2 fully saturated rings. The molecule has 0 spiro atoms. The van der Waals surface area contributed by atoms with Crippen LogP contribution in [-0.2, 0) is 4.79 Å². The number of fused-ring (bicyclic) bond motifs is 1. The second-order valence-electron chi connectivity index (χ2n) is 7.19. The summed E-state index contributed by atoms with van der Waals surface area (Å²) in [6.45, 7) is 4.77. The molecule has 2 aliphatic rings. The first-order valence-corrected chi connectivity index (χ1v) is 9.04. The van der Waals surface area contributed by atoms with E-state index in [1.807, 2.05) is 24.4 Å². The summed E-state index contributed by atoms with van der Waals surface area (Å²) in [6.07, 6.45) is 6.03. The highest BCUT2D eigenvalue weighted by Crippen LogP contribution is 2.28. The average molecular weight is 364 g/mol. The van der Waals surface area contributed by atoms with Crippen LogP contribution in [0.15, 0.2) is 24.4 Å². The van der Waals surface area contributed by atoms with Crippen LogP contribution in [0.4, 0.5) is 0 Å². The quantitative estimate of drug-likeness (QED) is 0.888. The van der Waals surface area contributed by atoms with Gasteiger partial charge in [-0.2, -0.15) is 0 Å². The van der Waals surface area contributed by atoms with Crippen LogP contribution in [-0.4, -0.2) is 51.1 Å². The first kappa shape index (κ1) is 18.1. The number of carbonyl (C=O) groups is 1. The molecule has 0 bridgehead atoms. The lowest BCUT2D eigenvalue weighted by atomic mass is 9.90. The number of nitrogens with one attached hydrogen (secondary N) is 1. The molecule has 1 unspecified atom stereocenters. The Morgan fingerprint density at radius 3 is 3.00 bits per heavy atom. The number of likely N-dealkylation sites (tertiary alicyclic amines) is 1. The fourth-order valence-corrected chi connectivity index (χ4v) is 4.14. The zero-order valence-corrected chi connectivity index (χ0v) is 15.4. The second kappa shape index (κ2) is 7.70.